The molecule has 7 nitrogen and oxygen atoms in total. The number of rotatable bonds is 6. The third kappa shape index (κ3) is 4.46. The standard InChI is InChI=1S/C30H36N6O/c1-4-34-15-17-35(18-16-34)28(37)30(12-13-30)24-6-9-26(10-7-24)36-14-11-23-20-31-29(33-27(23)36)32-25-8-5-21(2)22(3)19-25/h5-10,19-20H,4,11-18H2,1-3H3,(H,31,32,33). The van der Waals surface area contributed by atoms with Crippen molar-refractivity contribution >= 4 is 29.0 Å². The molecule has 1 aromatic heterocycles. The second-order valence-electron chi connectivity index (χ2n) is 10.7. The number of carbonyl (C=O) groups excluding carboxylic acids is 1. The third-order valence-corrected chi connectivity index (χ3v) is 8.46. The monoisotopic (exact) mass is 496 g/mol. The highest BCUT2D eigenvalue weighted by Gasteiger charge is 2.53. The van der Waals surface area contributed by atoms with Crippen molar-refractivity contribution < 1.29 is 4.79 Å². The molecule has 1 saturated heterocycles. The van der Waals surface area contributed by atoms with Crippen molar-refractivity contribution in [1.29, 1.82) is 0 Å². The molecule has 2 aliphatic heterocycles. The second kappa shape index (κ2) is 9.45. The highest BCUT2D eigenvalue weighted by molar-refractivity contribution is 5.91. The number of amides is 1. The molecule has 1 saturated carbocycles. The van der Waals surface area contributed by atoms with Crippen LogP contribution < -0.4 is 10.2 Å². The third-order valence-electron chi connectivity index (χ3n) is 8.46. The van der Waals surface area contributed by atoms with E-state index in [9.17, 15) is 4.79 Å². The van der Waals surface area contributed by atoms with Crippen molar-refractivity contribution in [2.75, 3.05) is 49.5 Å². The average molecular weight is 497 g/mol. The van der Waals surface area contributed by atoms with Crippen LogP contribution in [0.5, 0.6) is 0 Å². The Labute approximate surface area is 219 Å². The number of hydrogen-bond donors (Lipinski definition) is 1. The van der Waals surface area contributed by atoms with E-state index in [0.717, 1.165) is 86.9 Å². The zero-order valence-corrected chi connectivity index (χ0v) is 22.1. The lowest BCUT2D eigenvalue weighted by Crippen LogP contribution is -2.51. The van der Waals surface area contributed by atoms with Gasteiger partial charge in [0.25, 0.3) is 0 Å². The molecule has 6 rings (SSSR count). The maximum Gasteiger partial charge on any atom is 0.233 e. The van der Waals surface area contributed by atoms with Crippen molar-refractivity contribution in [3.05, 3.63) is 70.9 Å². The molecule has 0 bridgehead atoms. The van der Waals surface area contributed by atoms with Crippen molar-refractivity contribution in [3.8, 4) is 0 Å². The van der Waals surface area contributed by atoms with Gasteiger partial charge in [0, 0.05) is 55.9 Å². The number of carbonyl (C=O) groups is 1. The average Bonchev–Trinajstić information content (AvgIpc) is 3.64. The van der Waals surface area contributed by atoms with Crippen molar-refractivity contribution in [2.24, 2.45) is 0 Å². The molecule has 1 aliphatic carbocycles. The van der Waals surface area contributed by atoms with Gasteiger partial charge in [0.05, 0.1) is 5.41 Å². The van der Waals surface area contributed by atoms with E-state index in [-0.39, 0.29) is 5.41 Å². The summed E-state index contributed by atoms with van der Waals surface area (Å²) < 4.78 is 0. The number of benzene rings is 2. The van der Waals surface area contributed by atoms with Gasteiger partial charge >= 0.3 is 0 Å². The Morgan fingerprint density at radius 3 is 2.41 bits per heavy atom. The number of likely N-dealkylation sites (N-methyl/N-ethyl adjacent to an activating group) is 1. The normalized spacial score (nSPS) is 18.6. The first-order valence-electron chi connectivity index (χ1n) is 13.6. The number of hydrogen-bond acceptors (Lipinski definition) is 6. The van der Waals surface area contributed by atoms with Crippen LogP contribution in [0.25, 0.3) is 0 Å². The van der Waals surface area contributed by atoms with Crippen LogP contribution in [-0.2, 0) is 16.6 Å². The zero-order chi connectivity index (χ0) is 25.6. The number of fused-ring (bicyclic) bond motifs is 1. The molecule has 7 heteroatoms. The van der Waals surface area contributed by atoms with Crippen LogP contribution in [0.4, 0.5) is 23.1 Å². The minimum atomic E-state index is -0.318. The maximum atomic E-state index is 13.5. The summed E-state index contributed by atoms with van der Waals surface area (Å²) in [5.41, 5.74) is 6.60. The Balaban J connectivity index is 1.18. The summed E-state index contributed by atoms with van der Waals surface area (Å²) in [6, 6.07) is 14.9. The zero-order valence-electron chi connectivity index (χ0n) is 22.1. The molecular formula is C30H36N6O. The lowest BCUT2D eigenvalue weighted by Gasteiger charge is -2.36. The Hall–Kier alpha value is -3.45. The Morgan fingerprint density at radius 2 is 1.73 bits per heavy atom. The van der Waals surface area contributed by atoms with E-state index in [1.54, 1.807) is 0 Å². The van der Waals surface area contributed by atoms with Crippen LogP contribution in [0.15, 0.2) is 48.7 Å². The van der Waals surface area contributed by atoms with Gasteiger partial charge in [-0.05, 0) is 80.6 Å². The fraction of sp³-hybridized carbons (Fsp3) is 0.433. The summed E-state index contributed by atoms with van der Waals surface area (Å²) in [7, 11) is 0. The van der Waals surface area contributed by atoms with E-state index in [4.69, 9.17) is 4.98 Å². The van der Waals surface area contributed by atoms with Crippen molar-refractivity contribution in [3.63, 3.8) is 0 Å². The number of piperazine rings is 1. The summed E-state index contributed by atoms with van der Waals surface area (Å²) in [5.74, 6) is 1.88. The Bertz CT molecular complexity index is 1310. The van der Waals surface area contributed by atoms with Gasteiger partial charge in [0.1, 0.15) is 5.82 Å². The first-order valence-corrected chi connectivity index (χ1v) is 13.6. The van der Waals surface area contributed by atoms with Crippen molar-refractivity contribution in [1.82, 2.24) is 19.8 Å². The number of aryl methyl sites for hydroxylation is 2. The molecule has 0 atom stereocenters. The molecular weight excluding hydrogens is 460 g/mol. The predicted octanol–water partition coefficient (Wildman–Crippen LogP) is 4.73. The van der Waals surface area contributed by atoms with Crippen LogP contribution in [-0.4, -0.2) is 64.9 Å². The largest absolute Gasteiger partial charge is 0.339 e. The summed E-state index contributed by atoms with van der Waals surface area (Å²) in [6.07, 6.45) is 4.77. The van der Waals surface area contributed by atoms with Crippen LogP contribution in [0.3, 0.4) is 0 Å². The molecule has 192 valence electrons. The molecule has 0 radical (unpaired) electrons. The van der Waals surface area contributed by atoms with Gasteiger partial charge < -0.3 is 20.0 Å². The topological polar surface area (TPSA) is 64.6 Å². The molecule has 1 N–H and O–H groups in total. The van der Waals surface area contributed by atoms with Crippen LogP contribution in [0.2, 0.25) is 0 Å². The minimum absolute atomic E-state index is 0.317. The highest BCUT2D eigenvalue weighted by atomic mass is 16.2. The van der Waals surface area contributed by atoms with E-state index >= 15 is 0 Å². The lowest BCUT2D eigenvalue weighted by atomic mass is 9.93. The van der Waals surface area contributed by atoms with Gasteiger partial charge in [-0.2, -0.15) is 4.98 Å². The van der Waals surface area contributed by atoms with Crippen LogP contribution in [0, 0.1) is 13.8 Å². The Kier molecular flexibility index (Phi) is 6.11. The highest BCUT2D eigenvalue weighted by Crippen LogP contribution is 2.50. The van der Waals surface area contributed by atoms with E-state index in [1.807, 2.05) is 6.20 Å². The van der Waals surface area contributed by atoms with Crippen molar-refractivity contribution in [2.45, 2.75) is 45.4 Å². The minimum Gasteiger partial charge on any atom is -0.339 e. The Morgan fingerprint density at radius 1 is 0.973 bits per heavy atom. The molecule has 37 heavy (non-hydrogen) atoms. The smallest absolute Gasteiger partial charge is 0.233 e. The van der Waals surface area contributed by atoms with E-state index < -0.39 is 0 Å². The van der Waals surface area contributed by atoms with Crippen LogP contribution >= 0.6 is 0 Å². The summed E-state index contributed by atoms with van der Waals surface area (Å²) in [4.78, 5) is 29.7. The van der Waals surface area contributed by atoms with Gasteiger partial charge in [-0.25, -0.2) is 4.98 Å². The molecule has 3 heterocycles. The summed E-state index contributed by atoms with van der Waals surface area (Å²) in [5, 5.41) is 3.37. The van der Waals surface area contributed by atoms with Gasteiger partial charge in [0.2, 0.25) is 11.9 Å². The molecule has 3 aromatic rings. The second-order valence-corrected chi connectivity index (χ2v) is 10.7. The molecule has 1 amide bonds. The number of nitrogens with zero attached hydrogens (tertiary/aromatic N) is 5. The van der Waals surface area contributed by atoms with E-state index in [1.165, 1.54) is 11.1 Å². The molecule has 2 fully saturated rings. The first kappa shape index (κ1) is 23.9. The van der Waals surface area contributed by atoms with Gasteiger partial charge in [-0.15, -0.1) is 0 Å². The molecule has 3 aliphatic rings. The van der Waals surface area contributed by atoms with Gasteiger partial charge in [-0.3, -0.25) is 4.79 Å². The summed E-state index contributed by atoms with van der Waals surface area (Å²) >= 11 is 0. The molecule has 0 unspecified atom stereocenters. The fourth-order valence-electron chi connectivity index (χ4n) is 5.69. The predicted molar refractivity (Wildman–Crippen MR) is 148 cm³/mol. The maximum absolute atomic E-state index is 13.5. The number of anilines is 4. The first-order chi connectivity index (χ1) is 18.0. The quantitative estimate of drug-likeness (QED) is 0.533. The SMILES string of the molecule is CCN1CCN(C(=O)C2(c3ccc(N4CCc5cnc(Nc6ccc(C)c(C)c6)nc54)cc3)CC2)CC1. The van der Waals surface area contributed by atoms with E-state index in [2.05, 4.69) is 88.2 Å². The van der Waals surface area contributed by atoms with E-state index in [0.29, 0.717) is 11.9 Å². The lowest BCUT2D eigenvalue weighted by molar-refractivity contribution is -0.135. The molecule has 0 spiro atoms. The molecule has 2 aromatic carbocycles. The van der Waals surface area contributed by atoms with Gasteiger partial charge in [0.15, 0.2) is 0 Å². The fourth-order valence-corrected chi connectivity index (χ4v) is 5.69. The summed E-state index contributed by atoms with van der Waals surface area (Å²) in [6.45, 7) is 12.0. The number of aromatic nitrogens is 2. The number of nitrogens with one attached hydrogen (secondary N) is 1. The van der Waals surface area contributed by atoms with Gasteiger partial charge in [-0.1, -0.05) is 25.1 Å². The van der Waals surface area contributed by atoms with Crippen LogP contribution in [0.1, 0.15) is 42.0 Å².